The Morgan fingerprint density at radius 2 is 2.44 bits per heavy atom. The zero-order valence-electron chi connectivity index (χ0n) is 11.0. The van der Waals surface area contributed by atoms with Gasteiger partial charge in [0.05, 0.1) is 0 Å². The summed E-state index contributed by atoms with van der Waals surface area (Å²) in [6, 6.07) is 3.94. The van der Waals surface area contributed by atoms with Crippen LogP contribution in [0.25, 0.3) is 0 Å². The molecular formula is C14H22N4. The van der Waals surface area contributed by atoms with Gasteiger partial charge in [0.1, 0.15) is 11.5 Å². The zero-order chi connectivity index (χ0) is 13.0. The third kappa shape index (κ3) is 3.07. The average molecular weight is 246 g/mol. The second-order valence-corrected chi connectivity index (χ2v) is 5.10. The van der Waals surface area contributed by atoms with Gasteiger partial charge < -0.3 is 5.73 Å². The Bertz CT molecular complexity index is 416. The van der Waals surface area contributed by atoms with Crippen molar-refractivity contribution in [2.24, 2.45) is 11.7 Å². The minimum absolute atomic E-state index is 0.0647. The van der Waals surface area contributed by atoms with Crippen molar-refractivity contribution in [1.29, 1.82) is 5.41 Å². The van der Waals surface area contributed by atoms with Crippen molar-refractivity contribution in [1.82, 2.24) is 9.88 Å². The van der Waals surface area contributed by atoms with Crippen LogP contribution in [0.15, 0.2) is 18.3 Å². The minimum Gasteiger partial charge on any atom is -0.382 e. The van der Waals surface area contributed by atoms with Gasteiger partial charge in [-0.15, -0.1) is 0 Å². The number of nitrogens with two attached hydrogens (primary N) is 1. The van der Waals surface area contributed by atoms with Gasteiger partial charge >= 0.3 is 0 Å². The molecule has 0 spiro atoms. The van der Waals surface area contributed by atoms with Crippen LogP contribution < -0.4 is 5.73 Å². The van der Waals surface area contributed by atoms with Gasteiger partial charge in [0, 0.05) is 19.3 Å². The molecule has 0 saturated carbocycles. The van der Waals surface area contributed by atoms with Gasteiger partial charge in [0.15, 0.2) is 0 Å². The molecule has 0 aromatic carbocycles. The molecule has 0 aliphatic carbocycles. The number of hydrogen-bond acceptors (Lipinski definition) is 3. The molecule has 2 rings (SSSR count). The molecular weight excluding hydrogens is 224 g/mol. The molecule has 0 bridgehead atoms. The van der Waals surface area contributed by atoms with Gasteiger partial charge in [-0.05, 0) is 36.9 Å². The van der Waals surface area contributed by atoms with E-state index < -0.39 is 0 Å². The van der Waals surface area contributed by atoms with E-state index in [9.17, 15) is 0 Å². The molecule has 18 heavy (non-hydrogen) atoms. The number of nitrogen functional groups attached to an aromatic ring is 1. The summed E-state index contributed by atoms with van der Waals surface area (Å²) in [6.45, 7) is 5.43. The Morgan fingerprint density at radius 1 is 1.61 bits per heavy atom. The van der Waals surface area contributed by atoms with E-state index in [1.807, 2.05) is 12.1 Å². The molecule has 1 unspecified atom stereocenters. The Hall–Kier alpha value is -1.42. The Kier molecular flexibility index (Phi) is 4.31. The van der Waals surface area contributed by atoms with Crippen LogP contribution in [0, 0.1) is 11.3 Å². The first kappa shape index (κ1) is 13.0. The van der Waals surface area contributed by atoms with E-state index in [1.54, 1.807) is 6.20 Å². The van der Waals surface area contributed by atoms with Crippen LogP contribution in [0.2, 0.25) is 0 Å². The summed E-state index contributed by atoms with van der Waals surface area (Å²) in [5, 5.41) is 7.55. The SMILES string of the molecule is CCCC1CCN(Cc2cccnc2C(=N)N)C1. The highest BCUT2D eigenvalue weighted by Gasteiger charge is 2.22. The maximum absolute atomic E-state index is 7.55. The standard InChI is InChI=1S/C14H22N4/c1-2-4-11-6-8-18(9-11)10-12-5-3-7-17-13(12)14(15)16/h3,5,7,11H,2,4,6,8-10H2,1H3,(H3,15,16). The van der Waals surface area contributed by atoms with Gasteiger partial charge in [-0.1, -0.05) is 19.4 Å². The first-order valence-electron chi connectivity index (χ1n) is 6.71. The van der Waals surface area contributed by atoms with E-state index in [0.29, 0.717) is 5.69 Å². The number of rotatable bonds is 5. The van der Waals surface area contributed by atoms with Crippen LogP contribution >= 0.6 is 0 Å². The first-order chi connectivity index (χ1) is 8.70. The molecule has 3 N–H and O–H groups in total. The summed E-state index contributed by atoms with van der Waals surface area (Å²) in [6.07, 6.45) is 5.58. The molecule has 4 nitrogen and oxygen atoms in total. The normalized spacial score (nSPS) is 20.2. The van der Waals surface area contributed by atoms with Crippen LogP contribution in [0.4, 0.5) is 0 Å². The third-order valence-electron chi connectivity index (χ3n) is 3.61. The van der Waals surface area contributed by atoms with Gasteiger partial charge in [-0.3, -0.25) is 15.3 Å². The fourth-order valence-corrected chi connectivity index (χ4v) is 2.75. The molecule has 4 heteroatoms. The van der Waals surface area contributed by atoms with Crippen LogP contribution in [0.3, 0.4) is 0 Å². The maximum Gasteiger partial charge on any atom is 0.142 e. The minimum atomic E-state index is 0.0647. The van der Waals surface area contributed by atoms with Crippen molar-refractivity contribution in [3.63, 3.8) is 0 Å². The van der Waals surface area contributed by atoms with E-state index in [4.69, 9.17) is 11.1 Å². The van der Waals surface area contributed by atoms with Crippen molar-refractivity contribution >= 4 is 5.84 Å². The number of nitrogens with zero attached hydrogens (tertiary/aromatic N) is 2. The van der Waals surface area contributed by atoms with Crippen molar-refractivity contribution < 1.29 is 0 Å². The number of nitrogens with one attached hydrogen (secondary N) is 1. The smallest absolute Gasteiger partial charge is 0.142 e. The van der Waals surface area contributed by atoms with Crippen molar-refractivity contribution in [2.45, 2.75) is 32.7 Å². The molecule has 2 heterocycles. The van der Waals surface area contributed by atoms with Crippen molar-refractivity contribution in [2.75, 3.05) is 13.1 Å². The lowest BCUT2D eigenvalue weighted by Crippen LogP contribution is -2.23. The molecule has 0 radical (unpaired) electrons. The average Bonchev–Trinajstić information content (AvgIpc) is 2.77. The Morgan fingerprint density at radius 3 is 3.17 bits per heavy atom. The highest BCUT2D eigenvalue weighted by atomic mass is 15.1. The zero-order valence-corrected chi connectivity index (χ0v) is 11.0. The van der Waals surface area contributed by atoms with Crippen molar-refractivity contribution in [3.05, 3.63) is 29.6 Å². The highest BCUT2D eigenvalue weighted by Crippen LogP contribution is 2.22. The molecule has 1 fully saturated rings. The summed E-state index contributed by atoms with van der Waals surface area (Å²) in [7, 11) is 0. The molecule has 1 aromatic rings. The lowest BCUT2D eigenvalue weighted by Gasteiger charge is -2.17. The number of likely N-dealkylation sites (tertiary alicyclic amines) is 1. The fourth-order valence-electron chi connectivity index (χ4n) is 2.75. The third-order valence-corrected chi connectivity index (χ3v) is 3.61. The molecule has 1 aromatic heterocycles. The first-order valence-corrected chi connectivity index (χ1v) is 6.71. The van der Waals surface area contributed by atoms with Crippen molar-refractivity contribution in [3.8, 4) is 0 Å². The predicted molar refractivity (Wildman–Crippen MR) is 73.5 cm³/mol. The number of amidine groups is 1. The highest BCUT2D eigenvalue weighted by molar-refractivity contribution is 5.94. The van der Waals surface area contributed by atoms with E-state index in [2.05, 4.69) is 16.8 Å². The van der Waals surface area contributed by atoms with Gasteiger partial charge in [0.2, 0.25) is 0 Å². The summed E-state index contributed by atoms with van der Waals surface area (Å²) in [4.78, 5) is 6.65. The quantitative estimate of drug-likeness (QED) is 0.617. The van der Waals surface area contributed by atoms with Crippen LogP contribution in [0.5, 0.6) is 0 Å². The summed E-state index contributed by atoms with van der Waals surface area (Å²) in [5.74, 6) is 0.905. The second-order valence-electron chi connectivity index (χ2n) is 5.10. The molecule has 98 valence electrons. The van der Waals surface area contributed by atoms with Crippen LogP contribution in [-0.2, 0) is 6.54 Å². The van der Waals surface area contributed by atoms with Gasteiger partial charge in [-0.2, -0.15) is 0 Å². The van der Waals surface area contributed by atoms with E-state index >= 15 is 0 Å². The molecule has 1 aliphatic heterocycles. The monoisotopic (exact) mass is 246 g/mol. The largest absolute Gasteiger partial charge is 0.382 e. The lowest BCUT2D eigenvalue weighted by atomic mass is 10.0. The number of aromatic nitrogens is 1. The Balaban J connectivity index is 2.00. The predicted octanol–water partition coefficient (Wildman–Crippen LogP) is 1.99. The van der Waals surface area contributed by atoms with E-state index in [1.165, 1.54) is 25.8 Å². The number of hydrogen-bond donors (Lipinski definition) is 2. The summed E-state index contributed by atoms with van der Waals surface area (Å²) >= 11 is 0. The summed E-state index contributed by atoms with van der Waals surface area (Å²) < 4.78 is 0. The lowest BCUT2D eigenvalue weighted by molar-refractivity contribution is 0.312. The van der Waals surface area contributed by atoms with Crippen LogP contribution in [0.1, 0.15) is 37.4 Å². The van der Waals surface area contributed by atoms with E-state index in [0.717, 1.165) is 24.6 Å². The van der Waals surface area contributed by atoms with Gasteiger partial charge in [-0.25, -0.2) is 0 Å². The topological polar surface area (TPSA) is 66.0 Å². The van der Waals surface area contributed by atoms with Gasteiger partial charge in [0.25, 0.3) is 0 Å². The maximum atomic E-state index is 7.55. The molecule has 1 saturated heterocycles. The molecule has 0 amide bonds. The molecule has 1 atom stereocenters. The Labute approximate surface area is 109 Å². The fraction of sp³-hybridized carbons (Fsp3) is 0.571. The second kappa shape index (κ2) is 5.96. The number of pyridine rings is 1. The van der Waals surface area contributed by atoms with E-state index in [-0.39, 0.29) is 5.84 Å². The molecule has 1 aliphatic rings. The summed E-state index contributed by atoms with van der Waals surface area (Å²) in [5.41, 5.74) is 7.27. The van der Waals surface area contributed by atoms with Crippen LogP contribution in [-0.4, -0.2) is 28.8 Å².